The second-order valence-corrected chi connectivity index (χ2v) is 3.32. The monoisotopic (exact) mass is 303 g/mol. The van der Waals surface area contributed by atoms with Crippen LogP contribution in [0.15, 0.2) is 24.4 Å². The maximum atomic E-state index is 9.66. The Morgan fingerprint density at radius 2 is 1.93 bits per heavy atom. The van der Waals surface area contributed by atoms with E-state index in [1.807, 2.05) is 25.1 Å². The van der Waals surface area contributed by atoms with Gasteiger partial charge in [-0.3, -0.25) is 4.98 Å². The molecule has 0 atom stereocenters. The third-order valence-corrected chi connectivity index (χ3v) is 1.31. The molecule has 0 saturated heterocycles. The van der Waals surface area contributed by atoms with Crippen LogP contribution in [0.2, 0.25) is 0 Å². The number of carbonyl (C=O) groups is 1. The summed E-state index contributed by atoms with van der Waals surface area (Å²) in [6.07, 6.45) is 1.79. The Bertz CT molecular complexity index is 282. The number of nitrogens with zero attached hydrogens (tertiary/aromatic N) is 1. The van der Waals surface area contributed by atoms with Gasteiger partial charge in [0, 0.05) is 11.9 Å². The summed E-state index contributed by atoms with van der Waals surface area (Å²) < 4.78 is 0. The van der Waals surface area contributed by atoms with Crippen LogP contribution in [0.25, 0.3) is 0 Å². The van der Waals surface area contributed by atoms with Crippen molar-refractivity contribution in [2.24, 2.45) is 0 Å². The molecule has 1 heterocycles. The Morgan fingerprint density at radius 3 is 2.07 bits per heavy atom. The molecule has 1 aromatic heterocycles. The number of carbonyl (C=O) groups excluding carboxylic acids is 1. The van der Waals surface area contributed by atoms with Gasteiger partial charge in [0.05, 0.1) is 11.6 Å². The summed E-state index contributed by atoms with van der Waals surface area (Å²) in [5.74, 6) is -1.45. The van der Waals surface area contributed by atoms with Gasteiger partial charge >= 0.3 is 22.4 Å². The van der Waals surface area contributed by atoms with Crippen LogP contribution in [0, 0.1) is 6.92 Å². The minimum Gasteiger partial charge on any atom is -0.547 e. The van der Waals surface area contributed by atoms with Crippen molar-refractivity contribution in [1.82, 2.24) is 4.98 Å². The topological polar surface area (TPSA) is 73.2 Å². The van der Waals surface area contributed by atoms with Crippen LogP contribution in [0.4, 0.5) is 0 Å². The molecule has 0 aromatic carbocycles. The van der Waals surface area contributed by atoms with E-state index in [0.29, 0.717) is 0 Å². The molecule has 0 fully saturated rings. The van der Waals surface area contributed by atoms with Crippen LogP contribution in [-0.4, -0.2) is 21.7 Å². The van der Waals surface area contributed by atoms with Crippen LogP contribution >= 0.6 is 0 Å². The largest absolute Gasteiger partial charge is 1.00 e. The van der Waals surface area contributed by atoms with Gasteiger partial charge in [-0.15, -0.1) is 0 Å². The Hall–Kier alpha value is -0.680. The molecular weight excluding hydrogens is 290 g/mol. The fourth-order valence-corrected chi connectivity index (χ4v) is 0.448. The number of aliphatic hydroxyl groups is 1. The minimum absolute atomic E-state index is 0. The molecule has 1 rings (SSSR count). The first-order valence-electron chi connectivity index (χ1n) is 4.15. The van der Waals surface area contributed by atoms with E-state index in [-0.39, 0.29) is 22.4 Å². The van der Waals surface area contributed by atoms with Crippen molar-refractivity contribution in [3.05, 3.63) is 30.1 Å². The molecule has 0 spiro atoms. The van der Waals surface area contributed by atoms with Gasteiger partial charge in [0.2, 0.25) is 0 Å². The number of aliphatic carboxylic acids is 1. The molecule has 0 aliphatic carbocycles. The molecule has 0 aliphatic heterocycles. The van der Waals surface area contributed by atoms with Crippen LogP contribution < -0.4 is 5.11 Å². The average Bonchev–Trinajstić information content (AvgIpc) is 2.04. The van der Waals surface area contributed by atoms with E-state index in [4.69, 9.17) is 5.11 Å². The number of aromatic nitrogens is 1. The summed E-state index contributed by atoms with van der Waals surface area (Å²) in [4.78, 5) is 13.6. The molecule has 1 aromatic rings. The third kappa shape index (κ3) is 9.62. The van der Waals surface area contributed by atoms with Crippen LogP contribution in [-0.2, 0) is 27.2 Å². The number of hydrogen-bond acceptors (Lipinski definition) is 4. The van der Waals surface area contributed by atoms with E-state index >= 15 is 0 Å². The van der Waals surface area contributed by atoms with Gasteiger partial charge in [0.15, 0.2) is 0 Å². The van der Waals surface area contributed by atoms with Gasteiger partial charge in [0.1, 0.15) is 0 Å². The quantitative estimate of drug-likeness (QED) is 0.735. The van der Waals surface area contributed by atoms with E-state index in [0.717, 1.165) is 19.5 Å². The second-order valence-electron chi connectivity index (χ2n) is 3.32. The number of pyridine rings is 1. The van der Waals surface area contributed by atoms with Crippen molar-refractivity contribution in [2.45, 2.75) is 26.4 Å². The zero-order valence-electron chi connectivity index (χ0n) is 8.82. The first-order valence-corrected chi connectivity index (χ1v) is 4.15. The molecule has 5 heteroatoms. The van der Waals surface area contributed by atoms with Crippen LogP contribution in [0.5, 0.6) is 0 Å². The standard InChI is InChI=1S/C6H7N.C4H8O3.Ag/c1-6-4-2-3-5-7-6;1-4(2,7)3(5)6;/h2-5H,1H3;7H,1-2H3,(H,5,6);/q;;+1/p-1. The van der Waals surface area contributed by atoms with Gasteiger partial charge in [0.25, 0.3) is 0 Å². The van der Waals surface area contributed by atoms with Gasteiger partial charge in [-0.1, -0.05) is 6.07 Å². The Kier molecular flexibility index (Phi) is 8.47. The van der Waals surface area contributed by atoms with Crippen molar-refractivity contribution >= 4 is 5.97 Å². The van der Waals surface area contributed by atoms with E-state index in [1.165, 1.54) is 0 Å². The number of rotatable bonds is 1. The third-order valence-electron chi connectivity index (χ3n) is 1.31. The molecule has 0 aliphatic rings. The molecule has 0 amide bonds. The Morgan fingerprint density at radius 1 is 1.47 bits per heavy atom. The molecule has 0 unspecified atom stereocenters. The van der Waals surface area contributed by atoms with Crippen molar-refractivity contribution in [3.63, 3.8) is 0 Å². The van der Waals surface area contributed by atoms with Crippen LogP contribution in [0.3, 0.4) is 0 Å². The van der Waals surface area contributed by atoms with Crippen molar-refractivity contribution < 1.29 is 37.4 Å². The van der Waals surface area contributed by atoms with E-state index in [1.54, 1.807) is 6.20 Å². The number of hydrogen-bond donors (Lipinski definition) is 1. The van der Waals surface area contributed by atoms with Crippen LogP contribution in [0.1, 0.15) is 19.5 Å². The molecular formula is C10H14AgNO3. The summed E-state index contributed by atoms with van der Waals surface area (Å²) in [5, 5.41) is 18.1. The first kappa shape index (κ1) is 16.7. The Balaban J connectivity index is 0. The smallest absolute Gasteiger partial charge is 0.547 e. The molecule has 0 saturated carbocycles. The van der Waals surface area contributed by atoms with Gasteiger partial charge in [-0.25, -0.2) is 0 Å². The van der Waals surface area contributed by atoms with E-state index in [9.17, 15) is 9.90 Å². The summed E-state index contributed by atoms with van der Waals surface area (Å²) in [6, 6.07) is 5.86. The molecule has 88 valence electrons. The number of aryl methyl sites for hydroxylation is 1. The molecule has 0 radical (unpaired) electrons. The summed E-state index contributed by atoms with van der Waals surface area (Å²) in [6.45, 7) is 4.28. The summed E-state index contributed by atoms with van der Waals surface area (Å²) in [5.41, 5.74) is -0.623. The zero-order valence-corrected chi connectivity index (χ0v) is 10.3. The number of carboxylic acids is 1. The van der Waals surface area contributed by atoms with E-state index < -0.39 is 11.6 Å². The number of carboxylic acid groups (broad SMARTS) is 1. The average molecular weight is 304 g/mol. The zero-order chi connectivity index (χ0) is 11.2. The van der Waals surface area contributed by atoms with Crippen molar-refractivity contribution in [3.8, 4) is 0 Å². The second kappa shape index (κ2) is 7.59. The van der Waals surface area contributed by atoms with Crippen molar-refractivity contribution in [1.29, 1.82) is 0 Å². The molecule has 15 heavy (non-hydrogen) atoms. The minimum atomic E-state index is -1.69. The predicted octanol–water partition coefficient (Wildman–Crippen LogP) is -0.105. The molecule has 4 nitrogen and oxygen atoms in total. The fraction of sp³-hybridized carbons (Fsp3) is 0.400. The van der Waals surface area contributed by atoms with Crippen molar-refractivity contribution in [2.75, 3.05) is 0 Å². The summed E-state index contributed by atoms with van der Waals surface area (Å²) in [7, 11) is 0. The molecule has 1 N–H and O–H groups in total. The maximum Gasteiger partial charge on any atom is 1.00 e. The van der Waals surface area contributed by atoms with Gasteiger partial charge in [-0.2, -0.15) is 0 Å². The normalized spacial score (nSPS) is 9.33. The maximum absolute atomic E-state index is 9.66. The summed E-state index contributed by atoms with van der Waals surface area (Å²) >= 11 is 0. The van der Waals surface area contributed by atoms with Gasteiger partial charge in [-0.05, 0) is 32.9 Å². The SMILES string of the molecule is CC(C)(O)C(=O)[O-].Cc1ccccn1.[Ag+]. The molecule has 0 bridgehead atoms. The van der Waals surface area contributed by atoms with Gasteiger partial charge < -0.3 is 15.0 Å². The fourth-order valence-electron chi connectivity index (χ4n) is 0.448. The Labute approximate surface area is 105 Å². The first-order chi connectivity index (χ1) is 6.34. The predicted molar refractivity (Wildman–Crippen MR) is 50.3 cm³/mol. The van der Waals surface area contributed by atoms with E-state index in [2.05, 4.69) is 4.98 Å².